The Labute approximate surface area is 126 Å². The highest BCUT2D eigenvalue weighted by Crippen LogP contribution is 2.35. The minimum absolute atomic E-state index is 1.03. The average molecular weight is 270 g/mol. The van der Waals surface area contributed by atoms with Crippen LogP contribution in [0.25, 0.3) is 11.1 Å². The molecular weight excluding hydrogens is 252 g/mol. The molecule has 0 atom stereocenters. The Balaban J connectivity index is 1.79. The van der Waals surface area contributed by atoms with E-state index in [0.29, 0.717) is 0 Å². The van der Waals surface area contributed by atoms with Gasteiger partial charge < -0.3 is 0 Å². The smallest absolute Gasteiger partial charge is 0.00228 e. The second kappa shape index (κ2) is 5.21. The second-order valence-electron chi connectivity index (χ2n) is 5.76. The molecule has 0 saturated heterocycles. The lowest BCUT2D eigenvalue weighted by atomic mass is 9.82. The summed E-state index contributed by atoms with van der Waals surface area (Å²) in [5.41, 5.74) is 8.76. The van der Waals surface area contributed by atoms with E-state index in [1.54, 1.807) is 5.56 Å². The van der Waals surface area contributed by atoms with Gasteiger partial charge >= 0.3 is 0 Å². The summed E-state index contributed by atoms with van der Waals surface area (Å²) < 4.78 is 0. The van der Waals surface area contributed by atoms with Crippen LogP contribution in [-0.4, -0.2) is 0 Å². The van der Waals surface area contributed by atoms with Gasteiger partial charge in [0.25, 0.3) is 0 Å². The maximum Gasteiger partial charge on any atom is -0.00228 e. The lowest BCUT2D eigenvalue weighted by Gasteiger charge is -2.22. The molecule has 0 bridgehead atoms. The van der Waals surface area contributed by atoms with E-state index in [1.807, 2.05) is 0 Å². The lowest BCUT2D eigenvalue weighted by molar-refractivity contribution is 0.920. The highest BCUT2D eigenvalue weighted by atomic mass is 14.2. The van der Waals surface area contributed by atoms with Gasteiger partial charge in [0.05, 0.1) is 0 Å². The standard InChI is InChI=1S/C21H18/c1-2-7-16(8-3-1)15-18-10-6-12-21-19-11-5-4-9-17(19)13-14-20(18)21/h1-12H,13-15H2. The number of rotatable bonds is 2. The predicted molar refractivity (Wildman–Crippen MR) is 88.5 cm³/mol. The van der Waals surface area contributed by atoms with E-state index in [0.717, 1.165) is 19.3 Å². The highest BCUT2D eigenvalue weighted by molar-refractivity contribution is 5.74. The van der Waals surface area contributed by atoms with Gasteiger partial charge in [-0.3, -0.25) is 0 Å². The minimum atomic E-state index is 1.03. The Kier molecular flexibility index (Phi) is 3.08. The average Bonchev–Trinajstić information content (AvgIpc) is 2.56. The summed E-state index contributed by atoms with van der Waals surface area (Å²) in [6.45, 7) is 0. The summed E-state index contributed by atoms with van der Waals surface area (Å²) in [6, 6.07) is 26.4. The van der Waals surface area contributed by atoms with Crippen molar-refractivity contribution in [3.8, 4) is 11.1 Å². The number of aryl methyl sites for hydroxylation is 1. The fourth-order valence-corrected chi connectivity index (χ4v) is 3.42. The molecule has 3 aromatic carbocycles. The van der Waals surface area contributed by atoms with Crippen LogP contribution in [0.5, 0.6) is 0 Å². The monoisotopic (exact) mass is 270 g/mol. The molecule has 0 nitrogen and oxygen atoms in total. The van der Waals surface area contributed by atoms with Crippen molar-refractivity contribution in [3.05, 3.63) is 95.1 Å². The Bertz CT molecular complexity index is 769. The quantitative estimate of drug-likeness (QED) is 0.611. The van der Waals surface area contributed by atoms with E-state index in [2.05, 4.69) is 72.8 Å². The lowest BCUT2D eigenvalue weighted by Crippen LogP contribution is -2.07. The maximum absolute atomic E-state index is 2.29. The molecule has 0 heterocycles. The number of fused-ring (bicyclic) bond motifs is 3. The topological polar surface area (TPSA) is 0 Å². The Morgan fingerprint density at radius 2 is 1.38 bits per heavy atom. The molecule has 0 saturated carbocycles. The molecule has 1 aliphatic rings. The van der Waals surface area contributed by atoms with Gasteiger partial charge in [-0.1, -0.05) is 72.8 Å². The fourth-order valence-electron chi connectivity index (χ4n) is 3.42. The van der Waals surface area contributed by atoms with E-state index in [1.165, 1.54) is 27.8 Å². The Hall–Kier alpha value is -2.34. The number of hydrogen-bond donors (Lipinski definition) is 0. The third-order valence-corrected chi connectivity index (χ3v) is 4.46. The summed E-state index contributed by atoms with van der Waals surface area (Å²) in [7, 11) is 0. The first-order chi connectivity index (χ1) is 10.4. The molecule has 0 radical (unpaired) electrons. The van der Waals surface area contributed by atoms with Crippen LogP contribution < -0.4 is 0 Å². The van der Waals surface area contributed by atoms with E-state index in [9.17, 15) is 0 Å². The van der Waals surface area contributed by atoms with Crippen molar-refractivity contribution in [2.24, 2.45) is 0 Å². The van der Waals surface area contributed by atoms with Crippen LogP contribution in [0.4, 0.5) is 0 Å². The van der Waals surface area contributed by atoms with Crippen LogP contribution in [0.2, 0.25) is 0 Å². The Morgan fingerprint density at radius 3 is 2.29 bits per heavy atom. The highest BCUT2D eigenvalue weighted by Gasteiger charge is 2.17. The van der Waals surface area contributed by atoms with Crippen molar-refractivity contribution in [3.63, 3.8) is 0 Å². The molecule has 4 rings (SSSR count). The van der Waals surface area contributed by atoms with Crippen molar-refractivity contribution in [1.82, 2.24) is 0 Å². The first-order valence-corrected chi connectivity index (χ1v) is 7.65. The molecule has 0 fully saturated rings. The van der Waals surface area contributed by atoms with Gasteiger partial charge in [0.2, 0.25) is 0 Å². The van der Waals surface area contributed by atoms with Crippen molar-refractivity contribution in [1.29, 1.82) is 0 Å². The van der Waals surface area contributed by atoms with Gasteiger partial charge in [-0.15, -0.1) is 0 Å². The van der Waals surface area contributed by atoms with E-state index in [-0.39, 0.29) is 0 Å². The molecule has 0 unspecified atom stereocenters. The van der Waals surface area contributed by atoms with Crippen LogP contribution in [0, 0.1) is 0 Å². The van der Waals surface area contributed by atoms with Crippen molar-refractivity contribution >= 4 is 0 Å². The molecule has 1 aliphatic carbocycles. The predicted octanol–water partition coefficient (Wildman–Crippen LogP) is 5.04. The largest absolute Gasteiger partial charge is 0.0622 e. The molecule has 0 aliphatic heterocycles. The van der Waals surface area contributed by atoms with Crippen molar-refractivity contribution in [2.45, 2.75) is 19.3 Å². The molecule has 21 heavy (non-hydrogen) atoms. The zero-order valence-corrected chi connectivity index (χ0v) is 12.0. The van der Waals surface area contributed by atoms with Gasteiger partial charge in [-0.2, -0.15) is 0 Å². The van der Waals surface area contributed by atoms with Gasteiger partial charge in [0, 0.05) is 0 Å². The Morgan fingerprint density at radius 1 is 0.619 bits per heavy atom. The molecule has 3 aromatic rings. The van der Waals surface area contributed by atoms with E-state index < -0.39 is 0 Å². The van der Waals surface area contributed by atoms with Crippen molar-refractivity contribution in [2.75, 3.05) is 0 Å². The van der Waals surface area contributed by atoms with E-state index in [4.69, 9.17) is 0 Å². The normalized spacial score (nSPS) is 12.6. The van der Waals surface area contributed by atoms with Crippen LogP contribution in [-0.2, 0) is 19.3 Å². The SMILES string of the molecule is c1ccc(Cc2cccc3c2CCc2ccccc2-3)cc1. The summed E-state index contributed by atoms with van der Waals surface area (Å²) in [6.07, 6.45) is 3.36. The third-order valence-electron chi connectivity index (χ3n) is 4.46. The molecule has 102 valence electrons. The van der Waals surface area contributed by atoms with Crippen LogP contribution in [0.3, 0.4) is 0 Å². The van der Waals surface area contributed by atoms with Crippen LogP contribution in [0.1, 0.15) is 22.3 Å². The zero-order chi connectivity index (χ0) is 14.1. The minimum Gasteiger partial charge on any atom is -0.0622 e. The number of hydrogen-bond acceptors (Lipinski definition) is 0. The van der Waals surface area contributed by atoms with Gasteiger partial charge in [-0.25, -0.2) is 0 Å². The molecule has 0 amide bonds. The first-order valence-electron chi connectivity index (χ1n) is 7.65. The van der Waals surface area contributed by atoms with Crippen LogP contribution >= 0.6 is 0 Å². The van der Waals surface area contributed by atoms with Gasteiger partial charge in [-0.05, 0) is 52.6 Å². The molecule has 0 aromatic heterocycles. The zero-order valence-electron chi connectivity index (χ0n) is 12.0. The maximum atomic E-state index is 2.29. The summed E-state index contributed by atoms with van der Waals surface area (Å²) in [5.74, 6) is 0. The van der Waals surface area contributed by atoms with Crippen molar-refractivity contribution < 1.29 is 0 Å². The number of benzene rings is 3. The first kappa shape index (κ1) is 12.4. The second-order valence-corrected chi connectivity index (χ2v) is 5.76. The van der Waals surface area contributed by atoms with E-state index >= 15 is 0 Å². The molecule has 0 spiro atoms. The van der Waals surface area contributed by atoms with Crippen LogP contribution in [0.15, 0.2) is 72.8 Å². The van der Waals surface area contributed by atoms with Gasteiger partial charge in [0.15, 0.2) is 0 Å². The fraction of sp³-hybridized carbons (Fsp3) is 0.143. The summed E-state index contributed by atoms with van der Waals surface area (Å²) in [4.78, 5) is 0. The third kappa shape index (κ3) is 2.27. The van der Waals surface area contributed by atoms with Gasteiger partial charge in [0.1, 0.15) is 0 Å². The molecular formula is C21H18. The summed E-state index contributed by atoms with van der Waals surface area (Å²) in [5, 5.41) is 0. The summed E-state index contributed by atoms with van der Waals surface area (Å²) >= 11 is 0. The molecule has 0 N–H and O–H groups in total. The molecule has 0 heteroatoms.